The number of morpholine rings is 1. The van der Waals surface area contributed by atoms with Crippen LogP contribution < -0.4 is 0 Å². The quantitative estimate of drug-likeness (QED) is 0.754. The summed E-state index contributed by atoms with van der Waals surface area (Å²) in [5.74, 6) is -0.378. The van der Waals surface area contributed by atoms with E-state index in [9.17, 15) is 14.0 Å². The van der Waals surface area contributed by atoms with Gasteiger partial charge in [-0.05, 0) is 12.1 Å². The number of ether oxygens (including phenoxy) is 1. The molecule has 7 nitrogen and oxygen atoms in total. The Morgan fingerprint density at radius 3 is 2.45 bits per heavy atom. The maximum Gasteiger partial charge on any atom is 0.265 e. The molecule has 2 fully saturated rings. The third-order valence-corrected chi connectivity index (χ3v) is 6.22. The lowest BCUT2D eigenvalue weighted by Gasteiger charge is -2.36. The number of carbonyl (C=O) groups excluding carboxylic acids is 2. The number of carbonyl (C=O) groups is 2. The summed E-state index contributed by atoms with van der Waals surface area (Å²) < 4.78 is 19.3. The Hall–Kier alpha value is -2.36. The first-order valence-corrected chi connectivity index (χ1v) is 10.5. The molecule has 0 N–H and O–H groups in total. The molecule has 3 heterocycles. The van der Waals surface area contributed by atoms with E-state index < -0.39 is 0 Å². The van der Waals surface area contributed by atoms with E-state index in [4.69, 9.17) is 4.74 Å². The number of thiazole rings is 1. The van der Waals surface area contributed by atoms with Crippen LogP contribution in [0.1, 0.15) is 9.67 Å². The number of nitrogens with zero attached hydrogens (tertiary/aromatic N) is 4. The number of hydrogen-bond donors (Lipinski definition) is 0. The van der Waals surface area contributed by atoms with E-state index in [2.05, 4.69) is 9.88 Å². The van der Waals surface area contributed by atoms with Gasteiger partial charge in [0, 0.05) is 44.8 Å². The molecule has 2 aliphatic heterocycles. The van der Waals surface area contributed by atoms with Gasteiger partial charge in [0.1, 0.15) is 15.7 Å². The zero-order valence-electron chi connectivity index (χ0n) is 16.1. The largest absolute Gasteiger partial charge is 0.379 e. The zero-order chi connectivity index (χ0) is 20.2. The highest BCUT2D eigenvalue weighted by Crippen LogP contribution is 2.28. The molecule has 2 saturated heterocycles. The SMILES string of the molecule is O=C(CN1CCOCC1)N1CCN(C(=O)c2cnc(-c3ccccc3F)s2)CC1. The highest BCUT2D eigenvalue weighted by atomic mass is 32.1. The fourth-order valence-electron chi connectivity index (χ4n) is 3.50. The second-order valence-electron chi connectivity index (χ2n) is 7.07. The van der Waals surface area contributed by atoms with Crippen LogP contribution in [0.5, 0.6) is 0 Å². The van der Waals surface area contributed by atoms with Gasteiger partial charge in [0.05, 0.1) is 26.0 Å². The maximum atomic E-state index is 14.0. The lowest BCUT2D eigenvalue weighted by molar-refractivity contribution is -0.134. The molecule has 0 unspecified atom stereocenters. The van der Waals surface area contributed by atoms with Crippen LogP contribution in [0.4, 0.5) is 4.39 Å². The van der Waals surface area contributed by atoms with Gasteiger partial charge in [-0.15, -0.1) is 11.3 Å². The second kappa shape index (κ2) is 8.98. The summed E-state index contributed by atoms with van der Waals surface area (Å²) in [6.45, 7) is 5.31. The molecule has 1 aromatic carbocycles. The first kappa shape index (κ1) is 19.9. The number of rotatable bonds is 4. The number of amides is 2. The van der Waals surface area contributed by atoms with Gasteiger partial charge in [0.15, 0.2) is 0 Å². The topological polar surface area (TPSA) is 66.0 Å². The van der Waals surface area contributed by atoms with Gasteiger partial charge < -0.3 is 14.5 Å². The second-order valence-corrected chi connectivity index (χ2v) is 8.10. The van der Waals surface area contributed by atoms with E-state index >= 15 is 0 Å². The van der Waals surface area contributed by atoms with Crippen molar-refractivity contribution in [2.24, 2.45) is 0 Å². The monoisotopic (exact) mass is 418 g/mol. The van der Waals surface area contributed by atoms with Crippen LogP contribution in [0.3, 0.4) is 0 Å². The van der Waals surface area contributed by atoms with Crippen LogP contribution in [0, 0.1) is 5.82 Å². The van der Waals surface area contributed by atoms with Crippen LogP contribution in [0.25, 0.3) is 10.6 Å². The summed E-state index contributed by atoms with van der Waals surface area (Å²) in [5.41, 5.74) is 0.398. The normalized spacial score (nSPS) is 18.1. The highest BCUT2D eigenvalue weighted by Gasteiger charge is 2.27. The first-order valence-electron chi connectivity index (χ1n) is 9.70. The summed E-state index contributed by atoms with van der Waals surface area (Å²) >= 11 is 1.19. The van der Waals surface area contributed by atoms with E-state index in [0.29, 0.717) is 61.4 Å². The Balaban J connectivity index is 1.32. The van der Waals surface area contributed by atoms with E-state index in [0.717, 1.165) is 13.1 Å². The van der Waals surface area contributed by atoms with Gasteiger partial charge in [-0.25, -0.2) is 9.37 Å². The Bertz CT molecular complexity index is 876. The molecule has 0 saturated carbocycles. The Morgan fingerprint density at radius 2 is 1.72 bits per heavy atom. The van der Waals surface area contributed by atoms with Crippen molar-refractivity contribution >= 4 is 23.2 Å². The Kier molecular flexibility index (Phi) is 6.17. The van der Waals surface area contributed by atoms with Crippen molar-refractivity contribution < 1.29 is 18.7 Å². The molecule has 4 rings (SSSR count). The van der Waals surface area contributed by atoms with E-state index in [-0.39, 0.29) is 17.6 Å². The molecule has 29 heavy (non-hydrogen) atoms. The van der Waals surface area contributed by atoms with Crippen LogP contribution in [-0.2, 0) is 9.53 Å². The van der Waals surface area contributed by atoms with E-state index in [1.165, 1.54) is 23.6 Å². The van der Waals surface area contributed by atoms with Crippen molar-refractivity contribution in [1.29, 1.82) is 0 Å². The summed E-state index contributed by atoms with van der Waals surface area (Å²) in [4.78, 5) is 35.7. The van der Waals surface area contributed by atoms with Gasteiger partial charge in [-0.3, -0.25) is 14.5 Å². The smallest absolute Gasteiger partial charge is 0.265 e. The summed E-state index contributed by atoms with van der Waals surface area (Å²) in [7, 11) is 0. The number of halogens is 1. The minimum atomic E-state index is -0.353. The molecular formula is C20H23FN4O3S. The van der Waals surface area contributed by atoms with Crippen molar-refractivity contribution in [2.45, 2.75) is 0 Å². The van der Waals surface area contributed by atoms with Crippen molar-refractivity contribution in [3.63, 3.8) is 0 Å². The third kappa shape index (κ3) is 4.63. The number of aromatic nitrogens is 1. The maximum absolute atomic E-state index is 14.0. The summed E-state index contributed by atoms with van der Waals surface area (Å²) in [6.07, 6.45) is 1.50. The number of hydrogen-bond acceptors (Lipinski definition) is 6. The van der Waals surface area contributed by atoms with Crippen LogP contribution in [0.2, 0.25) is 0 Å². The average Bonchev–Trinajstić information content (AvgIpc) is 3.24. The predicted molar refractivity (Wildman–Crippen MR) is 107 cm³/mol. The molecule has 154 valence electrons. The van der Waals surface area contributed by atoms with Gasteiger partial charge in [0.2, 0.25) is 5.91 Å². The summed E-state index contributed by atoms with van der Waals surface area (Å²) in [5, 5.41) is 0.491. The van der Waals surface area contributed by atoms with Gasteiger partial charge in [0.25, 0.3) is 5.91 Å². The molecule has 2 amide bonds. The molecule has 9 heteroatoms. The molecular weight excluding hydrogens is 395 g/mol. The molecule has 2 aromatic rings. The first-order chi connectivity index (χ1) is 14.1. The minimum absolute atomic E-state index is 0.0960. The van der Waals surface area contributed by atoms with Crippen LogP contribution in [0.15, 0.2) is 30.5 Å². The molecule has 1 aromatic heterocycles. The highest BCUT2D eigenvalue weighted by molar-refractivity contribution is 7.16. The molecule has 0 atom stereocenters. The summed E-state index contributed by atoms with van der Waals surface area (Å²) in [6, 6.07) is 6.40. The van der Waals surface area contributed by atoms with Crippen molar-refractivity contribution in [3.8, 4) is 10.6 Å². The average molecular weight is 418 g/mol. The Labute approximate surface area is 172 Å². The lowest BCUT2D eigenvalue weighted by atomic mass is 10.2. The number of benzene rings is 1. The van der Waals surface area contributed by atoms with Crippen LogP contribution >= 0.6 is 11.3 Å². The fourth-order valence-corrected chi connectivity index (χ4v) is 4.41. The molecule has 0 spiro atoms. The predicted octanol–water partition coefficient (Wildman–Crippen LogP) is 1.57. The van der Waals surface area contributed by atoms with Gasteiger partial charge >= 0.3 is 0 Å². The zero-order valence-corrected chi connectivity index (χ0v) is 16.9. The van der Waals surface area contributed by atoms with E-state index in [1.54, 1.807) is 23.1 Å². The standard InChI is InChI=1S/C20H23FN4O3S/c21-16-4-2-1-3-15(16)19-22-13-17(29-19)20(27)25-7-5-24(6-8-25)18(26)14-23-9-11-28-12-10-23/h1-4,13H,5-12,14H2. The molecule has 2 aliphatic rings. The third-order valence-electron chi connectivity index (χ3n) is 5.20. The van der Waals surface area contributed by atoms with Gasteiger partial charge in [-0.2, -0.15) is 0 Å². The number of piperazine rings is 1. The molecule has 0 radical (unpaired) electrons. The Morgan fingerprint density at radius 1 is 1.03 bits per heavy atom. The van der Waals surface area contributed by atoms with Crippen molar-refractivity contribution in [2.75, 3.05) is 59.0 Å². The molecule has 0 aliphatic carbocycles. The fraction of sp³-hybridized carbons (Fsp3) is 0.450. The molecule has 0 bridgehead atoms. The van der Waals surface area contributed by atoms with Crippen molar-refractivity contribution in [3.05, 3.63) is 41.2 Å². The van der Waals surface area contributed by atoms with Crippen molar-refractivity contribution in [1.82, 2.24) is 19.7 Å². The van der Waals surface area contributed by atoms with Crippen LogP contribution in [-0.4, -0.2) is 90.5 Å². The van der Waals surface area contributed by atoms with Gasteiger partial charge in [-0.1, -0.05) is 12.1 Å². The lowest BCUT2D eigenvalue weighted by Crippen LogP contribution is -2.53. The minimum Gasteiger partial charge on any atom is -0.379 e. The van der Waals surface area contributed by atoms with E-state index in [1.807, 2.05) is 4.90 Å².